The third-order valence-corrected chi connectivity index (χ3v) is 5.87. The van der Waals surface area contributed by atoms with E-state index in [-0.39, 0.29) is 24.0 Å². The minimum absolute atomic E-state index is 0.0285. The molecule has 2 aromatic carbocycles. The number of anilines is 1. The van der Waals surface area contributed by atoms with Gasteiger partial charge in [0.1, 0.15) is 18.5 Å². The Bertz CT molecular complexity index is 937. The summed E-state index contributed by atoms with van der Waals surface area (Å²) in [5.74, 6) is 0.490. The summed E-state index contributed by atoms with van der Waals surface area (Å²) in [6, 6.07) is 13.8. The van der Waals surface area contributed by atoms with Gasteiger partial charge in [0.25, 0.3) is 5.91 Å². The first-order valence-corrected chi connectivity index (χ1v) is 10.8. The summed E-state index contributed by atoms with van der Waals surface area (Å²) < 4.78 is 11.3. The number of hydrogen-bond donors (Lipinski definition) is 3. The van der Waals surface area contributed by atoms with E-state index in [1.807, 2.05) is 0 Å². The summed E-state index contributed by atoms with van der Waals surface area (Å²) in [6.45, 7) is 2.76. The Hall–Kier alpha value is -3.06. The molecule has 2 aromatic rings. The van der Waals surface area contributed by atoms with Crippen LogP contribution in [0, 0.1) is 0 Å². The average Bonchev–Trinajstić information content (AvgIpc) is 3.14. The molecule has 7 nitrogen and oxygen atoms in total. The number of fused-ring (bicyclic) bond motifs is 3. The number of nitrogen functional groups attached to an aromatic ring is 1. The summed E-state index contributed by atoms with van der Waals surface area (Å²) in [5, 5.41) is 5.95. The van der Waals surface area contributed by atoms with Gasteiger partial charge < -0.3 is 25.8 Å². The molecule has 4 N–H and O–H groups in total. The zero-order valence-corrected chi connectivity index (χ0v) is 17.7. The molecule has 0 spiro atoms. The summed E-state index contributed by atoms with van der Waals surface area (Å²) in [4.78, 5) is 23.0. The molecule has 3 aliphatic rings. The van der Waals surface area contributed by atoms with Crippen LogP contribution in [0.25, 0.3) is 0 Å². The van der Waals surface area contributed by atoms with E-state index >= 15 is 0 Å². The molecule has 2 unspecified atom stereocenters. The molecule has 5 rings (SSSR count). The van der Waals surface area contributed by atoms with Crippen molar-refractivity contribution in [2.45, 2.75) is 50.8 Å². The Morgan fingerprint density at radius 1 is 1.16 bits per heavy atom. The van der Waals surface area contributed by atoms with Crippen LogP contribution < -0.4 is 21.1 Å². The van der Waals surface area contributed by atoms with Crippen LogP contribution in [-0.2, 0) is 22.4 Å². The van der Waals surface area contributed by atoms with Gasteiger partial charge in [-0.05, 0) is 55.0 Å². The number of ether oxygens (including phenoxy) is 2. The summed E-state index contributed by atoms with van der Waals surface area (Å²) >= 11 is 0. The number of benzene rings is 2. The molecule has 2 aliphatic heterocycles. The number of carbonyl (C=O) groups excluding carboxylic acids is 2. The maximum absolute atomic E-state index is 12.2. The van der Waals surface area contributed by atoms with Crippen molar-refractivity contribution < 1.29 is 19.1 Å². The van der Waals surface area contributed by atoms with Crippen LogP contribution in [0.2, 0.25) is 0 Å². The minimum Gasteiger partial charge on any atom is -0.490 e. The molecule has 0 aromatic heterocycles. The fourth-order valence-electron chi connectivity index (χ4n) is 4.39. The van der Waals surface area contributed by atoms with Gasteiger partial charge in [0.2, 0.25) is 5.91 Å². The molecule has 0 saturated carbocycles. The highest BCUT2D eigenvalue weighted by molar-refractivity contribution is 5.98. The minimum atomic E-state index is -0.141. The van der Waals surface area contributed by atoms with Crippen LogP contribution in [-0.4, -0.2) is 43.2 Å². The lowest BCUT2D eigenvalue weighted by atomic mass is 10.0. The fraction of sp³-hybridized carbons (Fsp3) is 0.417. The molecule has 2 amide bonds. The molecule has 1 aliphatic carbocycles. The summed E-state index contributed by atoms with van der Waals surface area (Å²) in [6.07, 6.45) is 3.79. The molecule has 1 saturated heterocycles. The third kappa shape index (κ3) is 5.17. The molecular weight excluding hydrogens is 394 g/mol. The summed E-state index contributed by atoms with van der Waals surface area (Å²) in [5.41, 5.74) is 9.52. The van der Waals surface area contributed by atoms with Gasteiger partial charge in [-0.1, -0.05) is 24.3 Å². The Kier molecular flexibility index (Phi) is 6.42. The topological polar surface area (TPSA) is 103 Å². The fourth-order valence-corrected chi connectivity index (χ4v) is 4.39. The number of rotatable bonds is 1. The monoisotopic (exact) mass is 423 g/mol. The molecule has 2 heterocycles. The highest BCUT2D eigenvalue weighted by atomic mass is 16.5. The Morgan fingerprint density at radius 2 is 1.90 bits per heavy atom. The lowest BCUT2D eigenvalue weighted by Crippen LogP contribution is -2.50. The van der Waals surface area contributed by atoms with Crippen molar-refractivity contribution in [3.8, 4) is 5.75 Å². The van der Waals surface area contributed by atoms with Gasteiger partial charge in [0.15, 0.2) is 0 Å². The molecule has 31 heavy (non-hydrogen) atoms. The second-order valence-corrected chi connectivity index (χ2v) is 8.27. The van der Waals surface area contributed by atoms with Crippen molar-refractivity contribution >= 4 is 17.5 Å². The van der Waals surface area contributed by atoms with Crippen molar-refractivity contribution in [3.05, 3.63) is 59.2 Å². The maximum atomic E-state index is 12.2. The van der Waals surface area contributed by atoms with Crippen molar-refractivity contribution in [3.63, 3.8) is 0 Å². The summed E-state index contributed by atoms with van der Waals surface area (Å²) in [7, 11) is 0. The quantitative estimate of drug-likeness (QED) is 0.611. The zero-order chi connectivity index (χ0) is 21.8. The van der Waals surface area contributed by atoms with Crippen LogP contribution in [0.5, 0.6) is 5.75 Å². The van der Waals surface area contributed by atoms with E-state index in [2.05, 4.69) is 34.9 Å². The van der Waals surface area contributed by atoms with E-state index in [9.17, 15) is 9.59 Å². The van der Waals surface area contributed by atoms with E-state index in [1.165, 1.54) is 11.1 Å². The van der Waals surface area contributed by atoms with Gasteiger partial charge >= 0.3 is 0 Å². The van der Waals surface area contributed by atoms with Gasteiger partial charge in [-0.25, -0.2) is 0 Å². The van der Waals surface area contributed by atoms with Crippen molar-refractivity contribution in [1.29, 1.82) is 0 Å². The standard InChI is InChI=1S/C13H16N2O3.C11H13NO/c14-8-3-4-11-9(6-8)13(16)15-10-2-1-5-17-12(10)7-18-11;1-8(13)12-11-6-9-4-2-3-5-10(9)7-11/h3-4,6,10,12H,1-2,5,7,14H2,(H,15,16);2-5,11H,6-7H2,1H3,(H,12,13). The van der Waals surface area contributed by atoms with Crippen molar-refractivity contribution in [2.24, 2.45) is 0 Å². The average molecular weight is 424 g/mol. The van der Waals surface area contributed by atoms with Gasteiger partial charge in [0, 0.05) is 25.3 Å². The highest BCUT2D eigenvalue weighted by Gasteiger charge is 2.31. The maximum Gasteiger partial charge on any atom is 0.255 e. The van der Waals surface area contributed by atoms with Crippen LogP contribution >= 0.6 is 0 Å². The van der Waals surface area contributed by atoms with E-state index in [0.29, 0.717) is 29.6 Å². The number of amides is 2. The van der Waals surface area contributed by atoms with E-state index in [1.54, 1.807) is 25.1 Å². The van der Waals surface area contributed by atoms with Crippen molar-refractivity contribution in [2.75, 3.05) is 18.9 Å². The highest BCUT2D eigenvalue weighted by Crippen LogP contribution is 2.26. The van der Waals surface area contributed by atoms with Gasteiger partial charge in [-0.2, -0.15) is 0 Å². The Labute approximate surface area is 182 Å². The van der Waals surface area contributed by atoms with Crippen molar-refractivity contribution in [1.82, 2.24) is 10.6 Å². The Morgan fingerprint density at radius 3 is 2.61 bits per heavy atom. The lowest BCUT2D eigenvalue weighted by molar-refractivity contribution is -0.119. The van der Waals surface area contributed by atoms with E-state index < -0.39 is 0 Å². The normalized spacial score (nSPS) is 22.2. The number of carbonyl (C=O) groups is 2. The first-order chi connectivity index (χ1) is 15.0. The lowest BCUT2D eigenvalue weighted by Gasteiger charge is -2.34. The van der Waals surface area contributed by atoms with E-state index in [4.69, 9.17) is 15.2 Å². The molecule has 164 valence electrons. The smallest absolute Gasteiger partial charge is 0.255 e. The molecule has 0 radical (unpaired) electrons. The van der Waals surface area contributed by atoms with Gasteiger partial charge in [-0.15, -0.1) is 0 Å². The second kappa shape index (κ2) is 9.39. The predicted molar refractivity (Wildman–Crippen MR) is 118 cm³/mol. The molecule has 7 heteroatoms. The largest absolute Gasteiger partial charge is 0.490 e. The third-order valence-electron chi connectivity index (χ3n) is 5.87. The number of hydrogen-bond acceptors (Lipinski definition) is 5. The second-order valence-electron chi connectivity index (χ2n) is 8.27. The first kappa shape index (κ1) is 21.2. The molecule has 2 atom stereocenters. The van der Waals surface area contributed by atoms with Crippen LogP contribution in [0.15, 0.2) is 42.5 Å². The zero-order valence-electron chi connectivity index (χ0n) is 17.7. The van der Waals surface area contributed by atoms with Gasteiger partial charge in [-0.3, -0.25) is 9.59 Å². The SMILES string of the molecule is CC(=O)NC1Cc2ccccc2C1.Nc1ccc2c(c1)C(=O)NC1CCCOC1CO2. The van der Waals surface area contributed by atoms with Crippen LogP contribution in [0.3, 0.4) is 0 Å². The van der Waals surface area contributed by atoms with Crippen LogP contribution in [0.4, 0.5) is 5.69 Å². The molecule has 1 fully saturated rings. The number of nitrogens with one attached hydrogen (secondary N) is 2. The predicted octanol–water partition coefficient (Wildman–Crippen LogP) is 2.23. The van der Waals surface area contributed by atoms with Crippen LogP contribution in [0.1, 0.15) is 41.3 Å². The van der Waals surface area contributed by atoms with Gasteiger partial charge in [0.05, 0.1) is 11.6 Å². The molecular formula is C24H29N3O4. The first-order valence-electron chi connectivity index (χ1n) is 10.8. The molecule has 0 bridgehead atoms. The number of nitrogens with two attached hydrogens (primary N) is 1. The Balaban J connectivity index is 0.000000158. The van der Waals surface area contributed by atoms with E-state index in [0.717, 1.165) is 32.3 Å².